The van der Waals surface area contributed by atoms with Crippen LogP contribution in [-0.4, -0.2) is 19.1 Å². The number of pyridine rings is 2. The smallest absolute Gasteiger partial charge is 0.138 e. The number of hydrogen-bond acceptors (Lipinski definition) is 2. The van der Waals surface area contributed by atoms with E-state index in [1.807, 2.05) is 24.5 Å². The zero-order chi connectivity index (χ0) is 27.6. The van der Waals surface area contributed by atoms with Gasteiger partial charge >= 0.3 is 0 Å². The van der Waals surface area contributed by atoms with Crippen molar-refractivity contribution in [2.45, 2.75) is 0 Å². The van der Waals surface area contributed by atoms with Crippen LogP contribution >= 0.6 is 0 Å². The second kappa shape index (κ2) is 8.88. The summed E-state index contributed by atoms with van der Waals surface area (Å²) >= 11 is 0. The zero-order valence-electron chi connectivity index (χ0n) is 22.6. The van der Waals surface area contributed by atoms with Gasteiger partial charge in [0.25, 0.3) is 0 Å². The van der Waals surface area contributed by atoms with Gasteiger partial charge < -0.3 is 4.57 Å². The van der Waals surface area contributed by atoms with Crippen LogP contribution in [-0.2, 0) is 0 Å². The summed E-state index contributed by atoms with van der Waals surface area (Å²) in [6, 6.07) is 47.5. The molecule has 0 N–H and O–H groups in total. The zero-order valence-corrected chi connectivity index (χ0v) is 22.6. The van der Waals surface area contributed by atoms with E-state index in [-0.39, 0.29) is 0 Å². The summed E-state index contributed by atoms with van der Waals surface area (Å²) in [6.07, 6.45) is 3.63. The molecule has 0 saturated carbocycles. The van der Waals surface area contributed by atoms with E-state index in [1.165, 1.54) is 48.9 Å². The molecule has 0 unspecified atom stereocenters. The van der Waals surface area contributed by atoms with E-state index in [0.29, 0.717) is 0 Å². The lowest BCUT2D eigenvalue weighted by Crippen LogP contribution is -1.99. The molecule has 0 radical (unpaired) electrons. The molecule has 4 heterocycles. The summed E-state index contributed by atoms with van der Waals surface area (Å²) in [5.41, 5.74) is 7.86. The van der Waals surface area contributed by atoms with Gasteiger partial charge in [0.1, 0.15) is 5.82 Å². The molecule has 42 heavy (non-hydrogen) atoms. The minimum Gasteiger partial charge on any atom is -0.309 e. The van der Waals surface area contributed by atoms with Crippen molar-refractivity contribution >= 4 is 54.4 Å². The van der Waals surface area contributed by atoms with E-state index in [2.05, 4.69) is 135 Å². The third-order valence-electron chi connectivity index (χ3n) is 8.40. The Morgan fingerprint density at radius 1 is 0.452 bits per heavy atom. The second-order valence-electron chi connectivity index (χ2n) is 10.7. The number of para-hydroxylation sites is 3. The number of aromatic nitrogens is 4. The van der Waals surface area contributed by atoms with Crippen LogP contribution in [0.2, 0.25) is 0 Å². The Morgan fingerprint density at radius 2 is 1.17 bits per heavy atom. The van der Waals surface area contributed by atoms with Crippen molar-refractivity contribution in [1.29, 1.82) is 0 Å². The summed E-state index contributed by atoms with van der Waals surface area (Å²) in [5, 5.41) is 7.34. The van der Waals surface area contributed by atoms with E-state index in [4.69, 9.17) is 4.98 Å². The quantitative estimate of drug-likeness (QED) is 0.225. The van der Waals surface area contributed by atoms with Crippen LogP contribution in [0.3, 0.4) is 0 Å². The molecule has 0 aliphatic rings. The van der Waals surface area contributed by atoms with Crippen LogP contribution in [0.1, 0.15) is 0 Å². The lowest BCUT2D eigenvalue weighted by atomic mass is 10.0. The van der Waals surface area contributed by atoms with E-state index in [0.717, 1.165) is 28.3 Å². The summed E-state index contributed by atoms with van der Waals surface area (Å²) in [6.45, 7) is 0. The molecule has 196 valence electrons. The maximum Gasteiger partial charge on any atom is 0.138 e. The van der Waals surface area contributed by atoms with E-state index >= 15 is 0 Å². The van der Waals surface area contributed by atoms with Gasteiger partial charge in [0.2, 0.25) is 0 Å². The molecular weight excluding hydrogens is 512 g/mol. The highest BCUT2D eigenvalue weighted by Gasteiger charge is 2.19. The highest BCUT2D eigenvalue weighted by molar-refractivity contribution is 6.22. The van der Waals surface area contributed by atoms with Gasteiger partial charge in [-0.2, -0.15) is 0 Å². The van der Waals surface area contributed by atoms with Gasteiger partial charge in [-0.25, -0.2) is 4.98 Å². The van der Waals surface area contributed by atoms with E-state index in [9.17, 15) is 0 Å². The second-order valence-corrected chi connectivity index (χ2v) is 10.7. The SMILES string of the molecule is c1ccc(-n2c3ccccc3c3cc4c(ccc5c6ccccc6n(-c6cccc(-c7ccncc7)n6)c45)cc32)cc1. The first-order chi connectivity index (χ1) is 20.8. The van der Waals surface area contributed by atoms with Crippen molar-refractivity contribution < 1.29 is 0 Å². The van der Waals surface area contributed by atoms with Gasteiger partial charge in [0.15, 0.2) is 0 Å². The average Bonchev–Trinajstić information content (AvgIpc) is 3.57. The molecule has 0 aliphatic carbocycles. The number of hydrogen-bond donors (Lipinski definition) is 0. The number of rotatable bonds is 3. The predicted molar refractivity (Wildman–Crippen MR) is 174 cm³/mol. The third kappa shape index (κ3) is 3.29. The minimum absolute atomic E-state index is 0.898. The molecule has 9 aromatic rings. The molecule has 4 nitrogen and oxygen atoms in total. The normalized spacial score (nSPS) is 11.8. The molecule has 0 fully saturated rings. The van der Waals surface area contributed by atoms with Crippen LogP contribution in [0.25, 0.3) is 77.1 Å². The van der Waals surface area contributed by atoms with Gasteiger partial charge in [0.05, 0.1) is 27.8 Å². The first-order valence-electron chi connectivity index (χ1n) is 14.2. The number of benzene rings is 5. The molecule has 5 aromatic carbocycles. The summed E-state index contributed by atoms with van der Waals surface area (Å²) in [5.74, 6) is 0.898. The molecule has 0 saturated heterocycles. The van der Waals surface area contributed by atoms with Crippen molar-refractivity contribution in [2.75, 3.05) is 0 Å². The maximum atomic E-state index is 5.18. The van der Waals surface area contributed by atoms with Gasteiger partial charge in [-0.3, -0.25) is 9.55 Å². The predicted octanol–water partition coefficient (Wildman–Crippen LogP) is 9.49. The molecular formula is C38H24N4. The molecule has 0 spiro atoms. The standard InChI is InChI=1S/C38H24N4/c1-2-9-27(10-3-1)41-34-14-6-5-12-29(34)32-24-31-26(23-36(32)41)17-18-30-28-11-4-7-15-35(28)42(38(30)31)37-16-8-13-33(40-37)25-19-21-39-22-20-25/h1-24H. The largest absolute Gasteiger partial charge is 0.309 e. The van der Waals surface area contributed by atoms with Crippen molar-refractivity contribution in [3.05, 3.63) is 146 Å². The van der Waals surface area contributed by atoms with E-state index in [1.54, 1.807) is 0 Å². The monoisotopic (exact) mass is 536 g/mol. The molecule has 0 atom stereocenters. The fourth-order valence-corrected chi connectivity index (χ4v) is 6.57. The number of nitrogens with zero attached hydrogens (tertiary/aromatic N) is 4. The average molecular weight is 537 g/mol. The molecule has 0 aliphatic heterocycles. The lowest BCUT2D eigenvalue weighted by molar-refractivity contribution is 1.09. The highest BCUT2D eigenvalue weighted by atomic mass is 15.1. The first kappa shape index (κ1) is 23.0. The molecule has 0 bridgehead atoms. The van der Waals surface area contributed by atoms with Gasteiger partial charge in [-0.05, 0) is 66.0 Å². The molecule has 4 aromatic heterocycles. The van der Waals surface area contributed by atoms with Crippen LogP contribution in [0.15, 0.2) is 146 Å². The topological polar surface area (TPSA) is 35.6 Å². The van der Waals surface area contributed by atoms with Crippen LogP contribution in [0.4, 0.5) is 0 Å². The Bertz CT molecular complexity index is 2450. The fraction of sp³-hybridized carbons (Fsp3) is 0. The summed E-state index contributed by atoms with van der Waals surface area (Å²) < 4.78 is 4.71. The molecule has 4 heteroatoms. The van der Waals surface area contributed by atoms with Gasteiger partial charge in [0, 0.05) is 50.6 Å². The summed E-state index contributed by atoms with van der Waals surface area (Å²) in [7, 11) is 0. The Hall–Kier alpha value is -5.74. The lowest BCUT2D eigenvalue weighted by Gasteiger charge is -2.12. The van der Waals surface area contributed by atoms with Crippen molar-refractivity contribution in [1.82, 2.24) is 19.1 Å². The summed E-state index contributed by atoms with van der Waals surface area (Å²) in [4.78, 5) is 9.37. The Labute approximate surface area is 241 Å². The van der Waals surface area contributed by atoms with E-state index < -0.39 is 0 Å². The third-order valence-corrected chi connectivity index (χ3v) is 8.40. The van der Waals surface area contributed by atoms with Crippen molar-refractivity contribution in [2.24, 2.45) is 0 Å². The number of fused-ring (bicyclic) bond motifs is 8. The Balaban J connectivity index is 1.41. The van der Waals surface area contributed by atoms with Crippen molar-refractivity contribution in [3.8, 4) is 22.8 Å². The van der Waals surface area contributed by atoms with Crippen LogP contribution in [0.5, 0.6) is 0 Å². The highest BCUT2D eigenvalue weighted by Crippen LogP contribution is 2.40. The molecule has 0 amide bonds. The first-order valence-corrected chi connectivity index (χ1v) is 14.2. The van der Waals surface area contributed by atoms with Gasteiger partial charge in [-0.15, -0.1) is 0 Å². The van der Waals surface area contributed by atoms with Crippen LogP contribution < -0.4 is 0 Å². The van der Waals surface area contributed by atoms with Gasteiger partial charge in [-0.1, -0.05) is 72.8 Å². The fourth-order valence-electron chi connectivity index (χ4n) is 6.57. The Morgan fingerprint density at radius 3 is 1.98 bits per heavy atom. The maximum absolute atomic E-state index is 5.18. The van der Waals surface area contributed by atoms with Crippen molar-refractivity contribution in [3.63, 3.8) is 0 Å². The molecule has 9 rings (SSSR count). The van der Waals surface area contributed by atoms with Crippen LogP contribution in [0, 0.1) is 0 Å². The minimum atomic E-state index is 0.898. The Kier molecular flexibility index (Phi) is 4.87.